The van der Waals surface area contributed by atoms with E-state index in [1.54, 1.807) is 0 Å². The number of anilines is 1. The molecule has 0 unspecified atom stereocenters. The monoisotopic (exact) mass is 237 g/mol. The molecule has 0 radical (unpaired) electrons. The van der Waals surface area contributed by atoms with Gasteiger partial charge in [-0.1, -0.05) is 53.6 Å². The van der Waals surface area contributed by atoms with Crippen molar-refractivity contribution in [3.63, 3.8) is 0 Å². The number of para-hydroxylation sites is 1. The molecule has 0 bridgehead atoms. The van der Waals surface area contributed by atoms with Crippen molar-refractivity contribution in [2.75, 3.05) is 5.73 Å². The van der Waals surface area contributed by atoms with E-state index in [0.717, 1.165) is 16.8 Å². The third-order valence-corrected chi connectivity index (χ3v) is 2.71. The summed E-state index contributed by atoms with van der Waals surface area (Å²) in [4.78, 5) is 0. The predicted molar refractivity (Wildman–Crippen MR) is 69.0 cm³/mol. The van der Waals surface area contributed by atoms with Gasteiger partial charge in [-0.15, -0.1) is 0 Å². The Bertz CT molecular complexity index is 660. The van der Waals surface area contributed by atoms with Crippen LogP contribution in [0.25, 0.3) is 16.8 Å². The van der Waals surface area contributed by atoms with Crippen molar-refractivity contribution in [3.05, 3.63) is 54.6 Å². The Hall–Kier alpha value is -2.69. The number of nitrogens with zero attached hydrogens (tertiary/aromatic N) is 4. The molecule has 0 aliphatic heterocycles. The number of hydrogen-bond donors (Lipinski definition) is 1. The zero-order chi connectivity index (χ0) is 12.4. The maximum Gasteiger partial charge on any atom is 0.245 e. The van der Waals surface area contributed by atoms with Gasteiger partial charge in [0.05, 0.1) is 5.69 Å². The van der Waals surface area contributed by atoms with Gasteiger partial charge < -0.3 is 5.73 Å². The molecular weight excluding hydrogens is 226 g/mol. The summed E-state index contributed by atoms with van der Waals surface area (Å²) in [6.07, 6.45) is 0. The summed E-state index contributed by atoms with van der Waals surface area (Å²) in [6.45, 7) is 0. The molecule has 1 aromatic heterocycles. The minimum Gasteiger partial charge on any atom is -0.366 e. The van der Waals surface area contributed by atoms with E-state index in [1.807, 2.05) is 54.6 Å². The summed E-state index contributed by atoms with van der Waals surface area (Å²) in [7, 11) is 0. The summed E-state index contributed by atoms with van der Waals surface area (Å²) >= 11 is 0. The molecule has 2 aromatic carbocycles. The summed E-state index contributed by atoms with van der Waals surface area (Å²) in [5.41, 5.74) is 8.75. The highest BCUT2D eigenvalue weighted by molar-refractivity contribution is 5.73. The van der Waals surface area contributed by atoms with Gasteiger partial charge in [-0.2, -0.15) is 4.68 Å². The van der Waals surface area contributed by atoms with Gasteiger partial charge in [-0.25, -0.2) is 0 Å². The molecule has 0 saturated heterocycles. The number of benzene rings is 2. The fourth-order valence-electron chi connectivity index (χ4n) is 1.89. The Balaban J connectivity index is 2.21. The Morgan fingerprint density at radius 3 is 2.33 bits per heavy atom. The minimum absolute atomic E-state index is 0.276. The minimum atomic E-state index is 0.276. The molecule has 0 fully saturated rings. The number of tetrazole rings is 1. The highest BCUT2D eigenvalue weighted by atomic mass is 15.6. The summed E-state index contributed by atoms with van der Waals surface area (Å²) in [6, 6.07) is 17.9. The van der Waals surface area contributed by atoms with Gasteiger partial charge in [0.15, 0.2) is 0 Å². The number of hydrogen-bond acceptors (Lipinski definition) is 4. The summed E-state index contributed by atoms with van der Waals surface area (Å²) in [5.74, 6) is 0.276. The van der Waals surface area contributed by atoms with Gasteiger partial charge in [-0.05, 0) is 22.1 Å². The van der Waals surface area contributed by atoms with E-state index in [1.165, 1.54) is 4.68 Å². The number of nitrogen functional groups attached to an aromatic ring is 1. The van der Waals surface area contributed by atoms with Crippen LogP contribution in [0.3, 0.4) is 0 Å². The van der Waals surface area contributed by atoms with E-state index in [9.17, 15) is 0 Å². The average molecular weight is 237 g/mol. The first-order chi connectivity index (χ1) is 8.86. The Kier molecular flexibility index (Phi) is 2.49. The molecule has 5 heteroatoms. The predicted octanol–water partition coefficient (Wildman–Crippen LogP) is 1.91. The van der Waals surface area contributed by atoms with E-state index in [0.29, 0.717) is 0 Å². The van der Waals surface area contributed by atoms with Crippen LogP contribution in [0.4, 0.5) is 5.95 Å². The van der Waals surface area contributed by atoms with Crippen molar-refractivity contribution in [1.29, 1.82) is 0 Å². The maximum absolute atomic E-state index is 5.75. The second kappa shape index (κ2) is 4.29. The molecule has 0 aliphatic rings. The van der Waals surface area contributed by atoms with E-state index in [-0.39, 0.29) is 5.95 Å². The van der Waals surface area contributed by atoms with Crippen LogP contribution in [0, 0.1) is 0 Å². The molecule has 3 rings (SSSR count). The zero-order valence-corrected chi connectivity index (χ0v) is 9.56. The number of nitrogens with two attached hydrogens (primary N) is 1. The van der Waals surface area contributed by atoms with Gasteiger partial charge in [0.25, 0.3) is 0 Å². The molecule has 0 amide bonds. The quantitative estimate of drug-likeness (QED) is 0.739. The molecule has 1 heterocycles. The van der Waals surface area contributed by atoms with Crippen LogP contribution < -0.4 is 5.73 Å². The van der Waals surface area contributed by atoms with Crippen molar-refractivity contribution in [3.8, 4) is 16.8 Å². The lowest BCUT2D eigenvalue weighted by Crippen LogP contribution is -2.04. The van der Waals surface area contributed by atoms with Crippen molar-refractivity contribution in [2.24, 2.45) is 0 Å². The fraction of sp³-hybridized carbons (Fsp3) is 0. The van der Waals surface area contributed by atoms with Crippen LogP contribution in [0.5, 0.6) is 0 Å². The third-order valence-electron chi connectivity index (χ3n) is 2.71. The van der Waals surface area contributed by atoms with Gasteiger partial charge in [-0.3, -0.25) is 0 Å². The standard InChI is InChI=1S/C13H11N5/c14-13-15-16-17-18(13)12-9-5-4-8-11(12)10-6-2-1-3-7-10/h1-9H,(H2,14,15,17). The van der Waals surface area contributed by atoms with E-state index in [2.05, 4.69) is 15.5 Å². The van der Waals surface area contributed by atoms with Gasteiger partial charge in [0.1, 0.15) is 0 Å². The molecule has 3 aromatic rings. The number of aromatic nitrogens is 4. The molecule has 0 aliphatic carbocycles. The van der Waals surface area contributed by atoms with Crippen molar-refractivity contribution in [1.82, 2.24) is 20.2 Å². The lowest BCUT2D eigenvalue weighted by Gasteiger charge is -2.09. The van der Waals surface area contributed by atoms with Gasteiger partial charge in [0, 0.05) is 5.56 Å². The van der Waals surface area contributed by atoms with Crippen molar-refractivity contribution < 1.29 is 0 Å². The Morgan fingerprint density at radius 2 is 1.61 bits per heavy atom. The smallest absolute Gasteiger partial charge is 0.245 e. The highest BCUT2D eigenvalue weighted by Gasteiger charge is 2.10. The van der Waals surface area contributed by atoms with E-state index < -0.39 is 0 Å². The van der Waals surface area contributed by atoms with Crippen LogP contribution in [0.15, 0.2) is 54.6 Å². The summed E-state index contributed by atoms with van der Waals surface area (Å²) < 4.78 is 1.53. The molecule has 18 heavy (non-hydrogen) atoms. The van der Waals surface area contributed by atoms with Crippen molar-refractivity contribution in [2.45, 2.75) is 0 Å². The normalized spacial score (nSPS) is 10.4. The lowest BCUT2D eigenvalue weighted by atomic mass is 10.0. The van der Waals surface area contributed by atoms with E-state index in [4.69, 9.17) is 5.73 Å². The fourth-order valence-corrected chi connectivity index (χ4v) is 1.89. The second-order valence-electron chi connectivity index (χ2n) is 3.83. The molecule has 0 saturated carbocycles. The van der Waals surface area contributed by atoms with Crippen LogP contribution in [0.1, 0.15) is 0 Å². The second-order valence-corrected chi connectivity index (χ2v) is 3.83. The van der Waals surface area contributed by atoms with Crippen LogP contribution in [-0.2, 0) is 0 Å². The van der Waals surface area contributed by atoms with Gasteiger partial charge in [0.2, 0.25) is 5.95 Å². The molecular formula is C13H11N5. The first-order valence-electron chi connectivity index (χ1n) is 5.55. The highest BCUT2D eigenvalue weighted by Crippen LogP contribution is 2.26. The van der Waals surface area contributed by atoms with Crippen LogP contribution in [0.2, 0.25) is 0 Å². The first-order valence-corrected chi connectivity index (χ1v) is 5.55. The largest absolute Gasteiger partial charge is 0.366 e. The summed E-state index contributed by atoms with van der Waals surface area (Å²) in [5, 5.41) is 11.2. The van der Waals surface area contributed by atoms with E-state index >= 15 is 0 Å². The topological polar surface area (TPSA) is 69.6 Å². The molecule has 88 valence electrons. The molecule has 2 N–H and O–H groups in total. The van der Waals surface area contributed by atoms with Crippen LogP contribution in [-0.4, -0.2) is 20.2 Å². The van der Waals surface area contributed by atoms with Crippen molar-refractivity contribution >= 4 is 5.95 Å². The van der Waals surface area contributed by atoms with Gasteiger partial charge >= 0.3 is 0 Å². The first kappa shape index (κ1) is 10.5. The molecule has 0 atom stereocenters. The average Bonchev–Trinajstić information content (AvgIpc) is 2.86. The Morgan fingerprint density at radius 1 is 0.889 bits per heavy atom. The maximum atomic E-state index is 5.75. The third kappa shape index (κ3) is 1.71. The zero-order valence-electron chi connectivity index (χ0n) is 9.56. The molecule has 5 nitrogen and oxygen atoms in total. The Labute approximate surface area is 104 Å². The van der Waals surface area contributed by atoms with Crippen LogP contribution >= 0.6 is 0 Å². The SMILES string of the molecule is Nc1nnnn1-c1ccccc1-c1ccccc1. The molecule has 0 spiro atoms. The lowest BCUT2D eigenvalue weighted by molar-refractivity contribution is 0.793. The number of rotatable bonds is 2.